The summed E-state index contributed by atoms with van der Waals surface area (Å²) in [5.74, 6) is 1.70. The van der Waals surface area contributed by atoms with E-state index in [0.29, 0.717) is 12.0 Å². The third-order valence-corrected chi connectivity index (χ3v) is 6.58. The highest BCUT2D eigenvalue weighted by atomic mass is 16.3. The molecule has 4 nitrogen and oxygen atoms in total. The maximum Gasteiger partial charge on any atom is 0.223 e. The van der Waals surface area contributed by atoms with Gasteiger partial charge in [0.25, 0.3) is 0 Å². The van der Waals surface area contributed by atoms with Gasteiger partial charge in [-0.3, -0.25) is 9.69 Å². The largest absolute Gasteiger partial charge is 0.393 e. The second-order valence-electron chi connectivity index (χ2n) is 8.30. The van der Waals surface area contributed by atoms with Crippen LogP contribution in [0.15, 0.2) is 30.3 Å². The van der Waals surface area contributed by atoms with Gasteiger partial charge in [0, 0.05) is 31.6 Å². The van der Waals surface area contributed by atoms with Gasteiger partial charge < -0.3 is 10.4 Å². The summed E-state index contributed by atoms with van der Waals surface area (Å²) < 4.78 is 0. The highest BCUT2D eigenvalue weighted by Gasteiger charge is 2.43. The summed E-state index contributed by atoms with van der Waals surface area (Å²) in [4.78, 5) is 15.2. The SMILES string of the molecule is O=C(N[C@@H]1CC[C@@H]2CN(Cc3ccccc3)C[C@H]21)C1CCC(O)CC1. The molecule has 2 N–H and O–H groups in total. The molecule has 3 fully saturated rings. The molecule has 0 unspecified atom stereocenters. The van der Waals surface area contributed by atoms with E-state index < -0.39 is 0 Å². The first kappa shape index (κ1) is 17.0. The molecule has 0 aromatic heterocycles. The van der Waals surface area contributed by atoms with E-state index in [-0.39, 0.29) is 17.9 Å². The normalized spacial score (nSPS) is 35.5. The molecule has 2 aliphatic carbocycles. The highest BCUT2D eigenvalue weighted by molar-refractivity contribution is 5.79. The van der Waals surface area contributed by atoms with Crippen LogP contribution in [0.25, 0.3) is 0 Å². The average molecular weight is 342 g/mol. The van der Waals surface area contributed by atoms with Gasteiger partial charge in [-0.05, 0) is 55.9 Å². The van der Waals surface area contributed by atoms with Crippen molar-refractivity contribution in [2.75, 3.05) is 13.1 Å². The van der Waals surface area contributed by atoms with Crippen molar-refractivity contribution in [2.45, 2.75) is 57.2 Å². The Hall–Kier alpha value is -1.39. The lowest BCUT2D eigenvalue weighted by Crippen LogP contribution is -2.43. The number of aliphatic hydroxyl groups is 1. The van der Waals surface area contributed by atoms with Crippen molar-refractivity contribution >= 4 is 5.91 Å². The van der Waals surface area contributed by atoms with Crippen LogP contribution in [0.5, 0.6) is 0 Å². The maximum atomic E-state index is 12.6. The van der Waals surface area contributed by atoms with Crippen molar-refractivity contribution in [3.8, 4) is 0 Å². The molecule has 136 valence electrons. The summed E-state index contributed by atoms with van der Waals surface area (Å²) in [6.07, 6.45) is 5.42. The number of benzene rings is 1. The number of hydrogen-bond donors (Lipinski definition) is 2. The number of amides is 1. The Bertz CT molecular complexity index is 583. The predicted octanol–water partition coefficient (Wildman–Crippen LogP) is 2.56. The van der Waals surface area contributed by atoms with Crippen molar-refractivity contribution in [3.05, 3.63) is 35.9 Å². The highest BCUT2D eigenvalue weighted by Crippen LogP contribution is 2.39. The molecule has 0 radical (unpaired) electrons. The van der Waals surface area contributed by atoms with Crippen molar-refractivity contribution < 1.29 is 9.90 Å². The number of nitrogens with one attached hydrogen (secondary N) is 1. The smallest absolute Gasteiger partial charge is 0.223 e. The fourth-order valence-corrected chi connectivity index (χ4v) is 5.15. The van der Waals surface area contributed by atoms with Crippen LogP contribution in [-0.2, 0) is 11.3 Å². The molecule has 0 bridgehead atoms. The lowest BCUT2D eigenvalue weighted by molar-refractivity contribution is -0.127. The van der Waals surface area contributed by atoms with Crippen LogP contribution in [-0.4, -0.2) is 41.1 Å². The summed E-state index contributed by atoms with van der Waals surface area (Å²) in [6.45, 7) is 3.30. The monoisotopic (exact) mass is 342 g/mol. The lowest BCUT2D eigenvalue weighted by atomic mass is 9.86. The van der Waals surface area contributed by atoms with Crippen molar-refractivity contribution in [1.82, 2.24) is 10.2 Å². The third-order valence-electron chi connectivity index (χ3n) is 6.58. The minimum absolute atomic E-state index is 0.115. The van der Waals surface area contributed by atoms with Crippen molar-refractivity contribution in [2.24, 2.45) is 17.8 Å². The molecular formula is C21H30N2O2. The van der Waals surface area contributed by atoms with E-state index in [0.717, 1.165) is 51.1 Å². The Kier molecular flexibility index (Phi) is 5.09. The summed E-state index contributed by atoms with van der Waals surface area (Å²) in [6, 6.07) is 11.0. The van der Waals surface area contributed by atoms with Crippen molar-refractivity contribution in [3.63, 3.8) is 0 Å². The fraction of sp³-hybridized carbons (Fsp3) is 0.667. The molecule has 3 atom stereocenters. The van der Waals surface area contributed by atoms with Gasteiger partial charge in [-0.1, -0.05) is 30.3 Å². The first-order chi connectivity index (χ1) is 12.2. The van der Waals surface area contributed by atoms with E-state index in [4.69, 9.17) is 0 Å². The summed E-state index contributed by atoms with van der Waals surface area (Å²) in [7, 11) is 0. The van der Waals surface area contributed by atoms with E-state index in [1.807, 2.05) is 0 Å². The molecule has 1 aromatic rings. The Morgan fingerprint density at radius 3 is 2.56 bits per heavy atom. The summed E-state index contributed by atoms with van der Waals surface area (Å²) >= 11 is 0. The number of carbonyl (C=O) groups excluding carboxylic acids is 1. The molecule has 4 rings (SSSR count). The molecule has 0 spiro atoms. The molecule has 3 aliphatic rings. The predicted molar refractivity (Wildman–Crippen MR) is 97.8 cm³/mol. The molecule has 1 heterocycles. The number of likely N-dealkylation sites (tertiary alicyclic amines) is 1. The standard InChI is InChI=1S/C21H30N2O2/c24-18-9-6-16(7-10-18)21(25)22-20-11-8-17-13-23(14-19(17)20)12-15-4-2-1-3-5-15/h1-5,16-20,24H,6-14H2,(H,22,25)/t16?,17-,18?,19-,20-/m1/s1. The Morgan fingerprint density at radius 1 is 1.04 bits per heavy atom. The van der Waals surface area contributed by atoms with Gasteiger partial charge in [-0.2, -0.15) is 0 Å². The van der Waals surface area contributed by atoms with Gasteiger partial charge in [-0.25, -0.2) is 0 Å². The zero-order valence-corrected chi connectivity index (χ0v) is 14.9. The number of hydrogen-bond acceptors (Lipinski definition) is 3. The van der Waals surface area contributed by atoms with Gasteiger partial charge in [0.15, 0.2) is 0 Å². The molecule has 1 amide bonds. The van der Waals surface area contributed by atoms with Crippen LogP contribution in [0.2, 0.25) is 0 Å². The Morgan fingerprint density at radius 2 is 1.80 bits per heavy atom. The molecule has 4 heteroatoms. The van der Waals surface area contributed by atoms with Gasteiger partial charge in [0.05, 0.1) is 6.10 Å². The summed E-state index contributed by atoms with van der Waals surface area (Å²) in [5, 5.41) is 13.0. The lowest BCUT2D eigenvalue weighted by Gasteiger charge is -2.28. The minimum atomic E-state index is -0.193. The second-order valence-corrected chi connectivity index (χ2v) is 8.30. The first-order valence-corrected chi connectivity index (χ1v) is 9.94. The van der Waals surface area contributed by atoms with E-state index in [9.17, 15) is 9.90 Å². The number of fused-ring (bicyclic) bond motifs is 1. The third kappa shape index (κ3) is 3.90. The Labute approximate surface area is 150 Å². The number of aliphatic hydroxyl groups excluding tert-OH is 1. The van der Waals surface area contributed by atoms with Crippen molar-refractivity contribution in [1.29, 1.82) is 0 Å². The molecule has 1 aromatic carbocycles. The number of rotatable bonds is 4. The van der Waals surface area contributed by atoms with Crippen LogP contribution in [0.1, 0.15) is 44.1 Å². The van der Waals surface area contributed by atoms with Crippen LogP contribution in [0, 0.1) is 17.8 Å². The quantitative estimate of drug-likeness (QED) is 0.884. The average Bonchev–Trinajstić information content (AvgIpc) is 3.18. The van der Waals surface area contributed by atoms with Crippen LogP contribution in [0.3, 0.4) is 0 Å². The fourth-order valence-electron chi connectivity index (χ4n) is 5.15. The topological polar surface area (TPSA) is 52.6 Å². The molecule has 2 saturated carbocycles. The summed E-state index contributed by atoms with van der Waals surface area (Å²) in [5.41, 5.74) is 1.38. The van der Waals surface area contributed by atoms with Crippen LogP contribution >= 0.6 is 0 Å². The van der Waals surface area contributed by atoms with E-state index in [1.54, 1.807) is 0 Å². The zero-order chi connectivity index (χ0) is 17.2. The second kappa shape index (κ2) is 7.46. The molecule has 1 saturated heterocycles. The van der Waals surface area contributed by atoms with Gasteiger partial charge in [0.1, 0.15) is 0 Å². The number of carbonyl (C=O) groups is 1. The van der Waals surface area contributed by atoms with E-state index in [2.05, 4.69) is 40.5 Å². The van der Waals surface area contributed by atoms with Crippen LogP contribution in [0.4, 0.5) is 0 Å². The van der Waals surface area contributed by atoms with Gasteiger partial charge in [0.2, 0.25) is 5.91 Å². The van der Waals surface area contributed by atoms with Gasteiger partial charge >= 0.3 is 0 Å². The van der Waals surface area contributed by atoms with Crippen LogP contribution < -0.4 is 5.32 Å². The first-order valence-electron chi connectivity index (χ1n) is 9.94. The Balaban J connectivity index is 1.30. The maximum absolute atomic E-state index is 12.6. The minimum Gasteiger partial charge on any atom is -0.393 e. The molecule has 25 heavy (non-hydrogen) atoms. The van der Waals surface area contributed by atoms with Gasteiger partial charge in [-0.15, -0.1) is 0 Å². The molecule has 1 aliphatic heterocycles. The number of nitrogens with zero attached hydrogens (tertiary/aromatic N) is 1. The molecular weight excluding hydrogens is 312 g/mol. The zero-order valence-electron chi connectivity index (χ0n) is 14.9. The van der Waals surface area contributed by atoms with E-state index in [1.165, 1.54) is 18.5 Å². The van der Waals surface area contributed by atoms with E-state index >= 15 is 0 Å².